The Kier molecular flexibility index (Phi) is 10.0. The third-order valence-corrected chi connectivity index (χ3v) is 7.71. The van der Waals surface area contributed by atoms with E-state index in [1.807, 2.05) is 6.08 Å². The maximum absolute atomic E-state index is 13.7. The molecule has 8 N–H and O–H groups in total. The van der Waals surface area contributed by atoms with Crippen LogP contribution in [-0.4, -0.2) is 155 Å². The van der Waals surface area contributed by atoms with Crippen LogP contribution in [0, 0.1) is 11.8 Å². The van der Waals surface area contributed by atoms with Crippen molar-refractivity contribution in [3.8, 4) is 5.75 Å². The SMILES string of the molecule is C=CC[N+](C)(C)C.CN(C)[C@@H]1C(=O)C(C(N)=O)=C(O)[C@@]2(O)C(=O)C3=C(O)c4c(O)cccc4[C@@](C)(O)[C@H]3[C@H](O)[C@@H]12.[Ca+2].[H-].[H-]. The molecule has 13 heteroatoms. The average Bonchev–Trinajstić information content (AvgIpc) is 2.81. The van der Waals surface area contributed by atoms with Crippen LogP contribution in [0.1, 0.15) is 20.9 Å². The average molecular weight is 603 g/mol. The van der Waals surface area contributed by atoms with Gasteiger partial charge in [0.05, 0.1) is 68.4 Å². The van der Waals surface area contributed by atoms with Gasteiger partial charge in [0.2, 0.25) is 5.78 Å². The number of aromatic hydroxyl groups is 1. The molecule has 1 amide bonds. The number of nitrogens with two attached hydrogens (primary N) is 1. The number of likely N-dealkylation sites (N-methyl/N-ethyl adjacent to an activating group) is 2. The number of hydrogen-bond donors (Lipinski definition) is 7. The molecule has 222 valence electrons. The Bertz CT molecular complexity index is 1360. The van der Waals surface area contributed by atoms with Gasteiger partial charge in [0, 0.05) is 0 Å². The molecule has 0 aliphatic heterocycles. The molecule has 0 spiro atoms. The Morgan fingerprint density at radius 1 is 1.17 bits per heavy atom. The van der Waals surface area contributed by atoms with Gasteiger partial charge in [-0.3, -0.25) is 19.3 Å². The largest absolute Gasteiger partial charge is 2.00 e. The molecular weight excluding hydrogens is 562 g/mol. The van der Waals surface area contributed by atoms with Crippen molar-refractivity contribution in [2.75, 3.05) is 41.8 Å². The molecule has 0 bridgehead atoms. The first-order valence-electron chi connectivity index (χ1n) is 12.6. The summed E-state index contributed by atoms with van der Waals surface area (Å²) < 4.78 is 0.976. The smallest absolute Gasteiger partial charge is 1.00 e. The molecule has 4 rings (SSSR count). The number of amides is 1. The first kappa shape index (κ1) is 34.9. The summed E-state index contributed by atoms with van der Waals surface area (Å²) in [5, 5.41) is 66.3. The number of benzene rings is 1. The third kappa shape index (κ3) is 5.48. The van der Waals surface area contributed by atoms with E-state index < -0.39 is 81.1 Å². The molecule has 0 radical (unpaired) electrons. The van der Waals surface area contributed by atoms with E-state index in [4.69, 9.17) is 5.73 Å². The number of carbonyl (C=O) groups is 3. The van der Waals surface area contributed by atoms with Gasteiger partial charge in [0.25, 0.3) is 5.91 Å². The van der Waals surface area contributed by atoms with Crippen LogP contribution in [0.3, 0.4) is 0 Å². The molecule has 1 aromatic carbocycles. The predicted octanol–water partition coefficient (Wildman–Crippen LogP) is -0.677. The quantitative estimate of drug-likeness (QED) is 0.100. The number of nitrogens with zero attached hydrogens (tertiary/aromatic N) is 2. The number of primary amides is 1. The summed E-state index contributed by atoms with van der Waals surface area (Å²) in [4.78, 5) is 39.9. The van der Waals surface area contributed by atoms with Gasteiger partial charge in [-0.1, -0.05) is 18.7 Å². The number of aliphatic hydroxyl groups excluding tert-OH is 3. The van der Waals surface area contributed by atoms with Gasteiger partial charge in [0.15, 0.2) is 11.4 Å². The van der Waals surface area contributed by atoms with Crippen LogP contribution in [0.15, 0.2) is 47.8 Å². The van der Waals surface area contributed by atoms with E-state index in [9.17, 15) is 45.0 Å². The number of carbonyl (C=O) groups excluding carboxylic acids is 3. The van der Waals surface area contributed by atoms with Crippen molar-refractivity contribution in [1.82, 2.24) is 4.90 Å². The molecule has 41 heavy (non-hydrogen) atoms. The maximum atomic E-state index is 13.7. The Balaban J connectivity index is 0.00000158. The molecular formula is C28H40CaN3O9+. The van der Waals surface area contributed by atoms with E-state index in [1.165, 1.54) is 44.1 Å². The van der Waals surface area contributed by atoms with Crippen LogP contribution < -0.4 is 5.73 Å². The summed E-state index contributed by atoms with van der Waals surface area (Å²) in [5.74, 6) is -9.67. The number of Topliss-reactive ketones (excluding diaryl/α,β-unsaturated/α-hetero) is 2. The molecule has 3 aliphatic carbocycles. The zero-order chi connectivity index (χ0) is 30.7. The van der Waals surface area contributed by atoms with Crippen LogP contribution in [0.2, 0.25) is 0 Å². The van der Waals surface area contributed by atoms with Crippen LogP contribution in [0.4, 0.5) is 0 Å². The van der Waals surface area contributed by atoms with Gasteiger partial charge in [-0.15, -0.1) is 0 Å². The minimum Gasteiger partial charge on any atom is -1.00 e. The molecule has 1 fully saturated rings. The van der Waals surface area contributed by atoms with Crippen molar-refractivity contribution in [2.45, 2.75) is 30.3 Å². The van der Waals surface area contributed by atoms with Crippen molar-refractivity contribution in [2.24, 2.45) is 17.6 Å². The van der Waals surface area contributed by atoms with Crippen LogP contribution in [-0.2, 0) is 20.0 Å². The number of phenols is 1. The van der Waals surface area contributed by atoms with Crippen molar-refractivity contribution in [3.05, 3.63) is 58.9 Å². The summed E-state index contributed by atoms with van der Waals surface area (Å²) >= 11 is 0. The fourth-order valence-electron chi connectivity index (χ4n) is 5.98. The first-order chi connectivity index (χ1) is 18.3. The zero-order valence-electron chi connectivity index (χ0n) is 26.1. The van der Waals surface area contributed by atoms with E-state index in [-0.39, 0.29) is 51.7 Å². The van der Waals surface area contributed by atoms with Crippen LogP contribution in [0.25, 0.3) is 5.76 Å². The number of rotatable bonds is 4. The summed E-state index contributed by atoms with van der Waals surface area (Å²) in [7, 11) is 9.22. The molecule has 12 nitrogen and oxygen atoms in total. The topological polar surface area (TPSA) is 202 Å². The summed E-state index contributed by atoms with van der Waals surface area (Å²) in [6, 6.07) is 2.50. The second-order valence-corrected chi connectivity index (χ2v) is 11.8. The summed E-state index contributed by atoms with van der Waals surface area (Å²) in [6.45, 7) is 5.93. The van der Waals surface area contributed by atoms with Crippen LogP contribution in [0.5, 0.6) is 5.75 Å². The summed E-state index contributed by atoms with van der Waals surface area (Å²) in [5.41, 5.74) is -1.78. The Labute approximate surface area is 271 Å². The Hall–Kier alpha value is -2.29. The number of hydrogen-bond acceptors (Lipinski definition) is 10. The molecule has 0 unspecified atom stereocenters. The standard InChI is InChI=1S/C22H24N2O9.C6H14N.Ca.2H/c1-21(32)7-5-4-6-8(25)9(7)15(26)10-12(21)17(28)13-14(24(2)3)16(27)11(20(23)31)19(30)22(13,33)18(10)29;1-5-6-7(2,3)4;;;/h4-6,12-14,17,25-26,28,30,32-33H,1-3H3,(H2,23,31);5H,1,6H2,2-4H3;;;/q;+1;+2;2*-1/t12-,13-,14+,17+,21-,22+;;;;/m1..../s1. The molecule has 1 aromatic rings. The number of ketones is 2. The van der Waals surface area contributed by atoms with Gasteiger partial charge in [-0.25, -0.2) is 0 Å². The normalized spacial score (nSPS) is 30.9. The predicted molar refractivity (Wildman–Crippen MR) is 153 cm³/mol. The Morgan fingerprint density at radius 3 is 2.17 bits per heavy atom. The van der Waals surface area contributed by atoms with Gasteiger partial charge < -0.3 is 43.7 Å². The Morgan fingerprint density at radius 2 is 1.73 bits per heavy atom. The molecule has 1 saturated carbocycles. The minimum absolute atomic E-state index is 0. The van der Waals surface area contributed by atoms with Crippen LogP contribution >= 0.6 is 0 Å². The fraction of sp³-hybridized carbons (Fsp3) is 0.464. The van der Waals surface area contributed by atoms with Gasteiger partial charge in [-0.2, -0.15) is 0 Å². The second-order valence-electron chi connectivity index (χ2n) is 11.8. The fourth-order valence-corrected chi connectivity index (χ4v) is 5.98. The van der Waals surface area contributed by atoms with E-state index in [0.29, 0.717) is 0 Å². The molecule has 0 aromatic heterocycles. The van der Waals surface area contributed by atoms with Crippen molar-refractivity contribution < 1.29 is 52.4 Å². The first-order valence-corrected chi connectivity index (χ1v) is 12.6. The monoisotopic (exact) mass is 602 g/mol. The van der Waals surface area contributed by atoms with Gasteiger partial charge in [-0.05, 0) is 38.7 Å². The second kappa shape index (κ2) is 11.8. The minimum atomic E-state index is -3.02. The van der Waals surface area contributed by atoms with Crippen molar-refractivity contribution in [1.29, 1.82) is 0 Å². The van der Waals surface area contributed by atoms with Gasteiger partial charge >= 0.3 is 37.7 Å². The molecule has 0 heterocycles. The van der Waals surface area contributed by atoms with E-state index >= 15 is 0 Å². The molecule has 0 saturated heterocycles. The van der Waals surface area contributed by atoms with E-state index in [0.717, 1.165) is 11.0 Å². The van der Waals surface area contributed by atoms with Crippen molar-refractivity contribution in [3.63, 3.8) is 0 Å². The number of phenolic OH excluding ortho intramolecular Hbond substituents is 1. The maximum Gasteiger partial charge on any atom is 2.00 e. The van der Waals surface area contributed by atoms with Gasteiger partial charge in [0.1, 0.15) is 22.8 Å². The van der Waals surface area contributed by atoms with E-state index in [2.05, 4.69) is 27.7 Å². The number of quaternary nitrogens is 1. The number of fused-ring (bicyclic) bond motifs is 3. The zero-order valence-corrected chi connectivity index (χ0v) is 26.3. The summed E-state index contributed by atoms with van der Waals surface area (Å²) in [6.07, 6.45) is 0.0586. The number of aliphatic hydroxyl groups is 5. The van der Waals surface area contributed by atoms with Crippen molar-refractivity contribution >= 4 is 61.0 Å². The molecule has 3 aliphatic rings. The van der Waals surface area contributed by atoms with E-state index in [1.54, 1.807) is 0 Å². The third-order valence-electron chi connectivity index (χ3n) is 7.71. The molecule has 6 atom stereocenters.